The number of rotatable bonds is 0. The molecule has 1 saturated heterocycles. The van der Waals surface area contributed by atoms with Gasteiger partial charge in [-0.1, -0.05) is 31.9 Å². The summed E-state index contributed by atoms with van der Waals surface area (Å²) in [6.45, 7) is 2.48. The van der Waals surface area contributed by atoms with Crippen molar-refractivity contribution in [2.75, 3.05) is 5.75 Å². The van der Waals surface area contributed by atoms with Gasteiger partial charge in [-0.3, -0.25) is 0 Å². The molecule has 2 fully saturated rings. The van der Waals surface area contributed by atoms with E-state index < -0.39 is 0 Å². The first-order valence-corrected chi connectivity index (χ1v) is 7.11. The Morgan fingerprint density at radius 2 is 1.93 bits per heavy atom. The molecule has 0 N–H and O–H groups in total. The van der Waals surface area contributed by atoms with E-state index in [0.717, 1.165) is 5.25 Å². The summed E-state index contributed by atoms with van der Waals surface area (Å²) >= 11 is 2.25. The van der Waals surface area contributed by atoms with E-state index in [1.165, 1.54) is 44.3 Å². The summed E-state index contributed by atoms with van der Waals surface area (Å²) in [5, 5.41) is 0.910. The molecule has 3 atom stereocenters. The molecular formula is C13H20S. The predicted octanol–water partition coefficient (Wildman–Crippen LogP) is 4.02. The highest BCUT2D eigenvalue weighted by Crippen LogP contribution is 2.67. The third kappa shape index (κ3) is 0.973. The van der Waals surface area contributed by atoms with Crippen LogP contribution in [0.3, 0.4) is 0 Å². The smallest absolute Gasteiger partial charge is 0.00840 e. The molecule has 3 rings (SSSR count). The summed E-state index contributed by atoms with van der Waals surface area (Å²) in [4.78, 5) is 0. The lowest BCUT2D eigenvalue weighted by atomic mass is 9.51. The van der Waals surface area contributed by atoms with Gasteiger partial charge in [-0.2, -0.15) is 11.8 Å². The third-order valence-corrected chi connectivity index (χ3v) is 6.80. The van der Waals surface area contributed by atoms with Crippen LogP contribution in [-0.4, -0.2) is 11.0 Å². The van der Waals surface area contributed by atoms with Gasteiger partial charge in [0.05, 0.1) is 0 Å². The molecule has 0 radical (unpaired) electrons. The Morgan fingerprint density at radius 1 is 1.14 bits per heavy atom. The number of thioether (sulfide) groups is 1. The van der Waals surface area contributed by atoms with E-state index in [-0.39, 0.29) is 0 Å². The van der Waals surface area contributed by atoms with E-state index in [1.807, 2.05) is 0 Å². The molecule has 0 spiro atoms. The van der Waals surface area contributed by atoms with Crippen molar-refractivity contribution < 1.29 is 0 Å². The molecule has 0 aromatic heterocycles. The number of hydrogen-bond acceptors (Lipinski definition) is 1. The first-order valence-electron chi connectivity index (χ1n) is 6.06. The Kier molecular flexibility index (Phi) is 2.02. The van der Waals surface area contributed by atoms with Crippen molar-refractivity contribution in [1.29, 1.82) is 0 Å². The van der Waals surface area contributed by atoms with Crippen LogP contribution < -0.4 is 0 Å². The minimum absolute atomic E-state index is 0.699. The molecule has 0 aromatic carbocycles. The Balaban J connectivity index is 2.05. The minimum atomic E-state index is 0.699. The molecule has 78 valence electrons. The first-order chi connectivity index (χ1) is 6.79. The topological polar surface area (TPSA) is 0 Å². The molecule has 0 bridgehead atoms. The zero-order chi connectivity index (χ0) is 9.65. The molecule has 1 heteroatoms. The molecule has 3 aliphatic rings. The second-order valence-corrected chi connectivity index (χ2v) is 6.81. The van der Waals surface area contributed by atoms with E-state index in [4.69, 9.17) is 0 Å². The SMILES string of the molecule is C[C@H]1SC[C@@]23CC=CC[C@@]12CCCC3. The number of hydrogen-bond donors (Lipinski definition) is 0. The van der Waals surface area contributed by atoms with E-state index >= 15 is 0 Å². The molecule has 0 unspecified atom stereocenters. The van der Waals surface area contributed by atoms with Gasteiger partial charge in [0.2, 0.25) is 0 Å². The van der Waals surface area contributed by atoms with E-state index in [2.05, 4.69) is 30.8 Å². The van der Waals surface area contributed by atoms with Crippen molar-refractivity contribution in [3.8, 4) is 0 Å². The van der Waals surface area contributed by atoms with Crippen LogP contribution in [0.2, 0.25) is 0 Å². The second kappa shape index (κ2) is 3.04. The van der Waals surface area contributed by atoms with Crippen molar-refractivity contribution in [3.05, 3.63) is 12.2 Å². The highest BCUT2D eigenvalue weighted by Gasteiger charge is 2.59. The van der Waals surface area contributed by atoms with Gasteiger partial charge in [-0.25, -0.2) is 0 Å². The molecule has 2 aliphatic carbocycles. The average molecular weight is 208 g/mol. The van der Waals surface area contributed by atoms with Crippen LogP contribution in [0.15, 0.2) is 12.2 Å². The monoisotopic (exact) mass is 208 g/mol. The molecule has 0 nitrogen and oxygen atoms in total. The van der Waals surface area contributed by atoms with Crippen LogP contribution in [0, 0.1) is 10.8 Å². The van der Waals surface area contributed by atoms with Crippen LogP contribution in [0.4, 0.5) is 0 Å². The van der Waals surface area contributed by atoms with Crippen molar-refractivity contribution >= 4 is 11.8 Å². The highest BCUT2D eigenvalue weighted by atomic mass is 32.2. The van der Waals surface area contributed by atoms with E-state index in [1.54, 1.807) is 0 Å². The van der Waals surface area contributed by atoms with Gasteiger partial charge in [-0.15, -0.1) is 0 Å². The van der Waals surface area contributed by atoms with Crippen LogP contribution >= 0.6 is 11.8 Å². The zero-order valence-corrected chi connectivity index (χ0v) is 9.91. The Morgan fingerprint density at radius 3 is 2.79 bits per heavy atom. The first kappa shape index (κ1) is 9.33. The van der Waals surface area contributed by atoms with Crippen LogP contribution in [0.25, 0.3) is 0 Å². The van der Waals surface area contributed by atoms with Gasteiger partial charge < -0.3 is 0 Å². The van der Waals surface area contributed by atoms with Crippen LogP contribution in [0.5, 0.6) is 0 Å². The minimum Gasteiger partial charge on any atom is -0.158 e. The van der Waals surface area contributed by atoms with Crippen LogP contribution in [-0.2, 0) is 0 Å². The fraction of sp³-hybridized carbons (Fsp3) is 0.846. The maximum Gasteiger partial charge on any atom is 0.00840 e. The molecule has 0 aromatic rings. The molecule has 1 aliphatic heterocycles. The summed E-state index contributed by atoms with van der Waals surface area (Å²) in [6.07, 6.45) is 13.7. The molecule has 0 amide bonds. The normalized spacial score (nSPS) is 51.4. The fourth-order valence-electron chi connectivity index (χ4n) is 4.16. The Hall–Kier alpha value is 0.0900. The van der Waals surface area contributed by atoms with Gasteiger partial charge in [-0.05, 0) is 36.5 Å². The second-order valence-electron chi connectivity index (χ2n) is 5.48. The van der Waals surface area contributed by atoms with Crippen molar-refractivity contribution in [2.45, 2.75) is 50.7 Å². The third-order valence-electron chi connectivity index (χ3n) is 5.13. The van der Waals surface area contributed by atoms with Crippen molar-refractivity contribution in [1.82, 2.24) is 0 Å². The standard InChI is InChI=1S/C13H20S/c1-11-13-8-4-2-6-12(13,10-14-11)7-3-5-9-13/h2,4,11H,3,5-10H2,1H3/t11-,12+,13-/m1/s1. The van der Waals surface area contributed by atoms with Gasteiger partial charge in [0.25, 0.3) is 0 Å². The molecule has 1 heterocycles. The Labute approximate surface area is 91.5 Å². The summed E-state index contributed by atoms with van der Waals surface area (Å²) < 4.78 is 0. The van der Waals surface area contributed by atoms with Crippen LogP contribution in [0.1, 0.15) is 45.4 Å². The summed E-state index contributed by atoms with van der Waals surface area (Å²) in [5.41, 5.74) is 1.41. The van der Waals surface area contributed by atoms with E-state index in [0.29, 0.717) is 10.8 Å². The zero-order valence-electron chi connectivity index (χ0n) is 9.09. The summed E-state index contributed by atoms with van der Waals surface area (Å²) in [6, 6.07) is 0. The molecular weight excluding hydrogens is 188 g/mol. The van der Waals surface area contributed by atoms with Crippen molar-refractivity contribution in [2.24, 2.45) is 10.8 Å². The van der Waals surface area contributed by atoms with Gasteiger partial charge >= 0.3 is 0 Å². The summed E-state index contributed by atoms with van der Waals surface area (Å²) in [5.74, 6) is 1.44. The predicted molar refractivity (Wildman–Crippen MR) is 63.6 cm³/mol. The molecule has 14 heavy (non-hydrogen) atoms. The summed E-state index contributed by atoms with van der Waals surface area (Å²) in [7, 11) is 0. The lowest BCUT2D eigenvalue weighted by molar-refractivity contribution is 0.0155. The Bertz CT molecular complexity index is 266. The highest BCUT2D eigenvalue weighted by molar-refractivity contribution is 8.00. The maximum absolute atomic E-state index is 2.48. The van der Waals surface area contributed by atoms with Crippen molar-refractivity contribution in [3.63, 3.8) is 0 Å². The average Bonchev–Trinajstić information content (AvgIpc) is 2.54. The fourth-order valence-corrected chi connectivity index (χ4v) is 6.07. The quantitative estimate of drug-likeness (QED) is 0.542. The molecule has 1 saturated carbocycles. The lowest BCUT2D eigenvalue weighted by Gasteiger charge is -2.52. The van der Waals surface area contributed by atoms with E-state index in [9.17, 15) is 0 Å². The maximum atomic E-state index is 2.48. The number of allylic oxidation sites excluding steroid dienone is 2. The lowest BCUT2D eigenvalue weighted by Crippen LogP contribution is -2.47. The van der Waals surface area contributed by atoms with Gasteiger partial charge in [0, 0.05) is 11.0 Å². The van der Waals surface area contributed by atoms with Gasteiger partial charge in [0.15, 0.2) is 0 Å². The van der Waals surface area contributed by atoms with Gasteiger partial charge in [0.1, 0.15) is 0 Å². The largest absolute Gasteiger partial charge is 0.158 e.